The van der Waals surface area contributed by atoms with Crippen LogP contribution in [0, 0.1) is 24.6 Å². The van der Waals surface area contributed by atoms with E-state index in [0.29, 0.717) is 23.7 Å². The van der Waals surface area contributed by atoms with Crippen molar-refractivity contribution in [1.82, 2.24) is 4.57 Å². The highest BCUT2D eigenvalue weighted by atomic mass is 19.1. The highest BCUT2D eigenvalue weighted by molar-refractivity contribution is 5.59. The SMILES string of the molecule is Cc1ccc(F)c(-n2c(O)c3c(c2O)[C@@H]2CC[C@H]3[C@H]3C[C@H]32)c1. The van der Waals surface area contributed by atoms with Gasteiger partial charge in [-0.3, -0.25) is 0 Å². The van der Waals surface area contributed by atoms with E-state index in [9.17, 15) is 14.6 Å². The second-order valence-electron chi connectivity index (χ2n) is 7.12. The second kappa shape index (κ2) is 3.86. The van der Waals surface area contributed by atoms with E-state index in [1.807, 2.05) is 6.92 Å². The lowest BCUT2D eigenvalue weighted by atomic mass is 9.68. The Labute approximate surface area is 128 Å². The fourth-order valence-electron chi connectivity index (χ4n) is 5.00. The van der Waals surface area contributed by atoms with Gasteiger partial charge in [-0.15, -0.1) is 0 Å². The Kier molecular flexibility index (Phi) is 2.20. The molecule has 0 saturated heterocycles. The molecule has 0 radical (unpaired) electrons. The number of aromatic hydroxyl groups is 2. The predicted molar refractivity (Wildman–Crippen MR) is 80.1 cm³/mol. The topological polar surface area (TPSA) is 45.4 Å². The zero-order valence-corrected chi connectivity index (χ0v) is 12.4. The van der Waals surface area contributed by atoms with Gasteiger partial charge in [0.2, 0.25) is 11.8 Å². The standard InChI is InChI=1S/C18H18FNO2/c1-8-2-5-13(19)14(6-8)20-17(21)15-9-3-4-10(12-7-11(9)12)16(15)18(20)22/h2,5-6,9-12,21-22H,3-4,7H2,1H3/t9-,10+,11+,12-. The smallest absolute Gasteiger partial charge is 0.202 e. The zero-order chi connectivity index (χ0) is 15.2. The molecule has 22 heavy (non-hydrogen) atoms. The van der Waals surface area contributed by atoms with Crippen LogP contribution in [-0.2, 0) is 0 Å². The van der Waals surface area contributed by atoms with Crippen molar-refractivity contribution in [2.45, 2.75) is 38.0 Å². The maximum atomic E-state index is 14.2. The molecule has 0 aliphatic heterocycles. The average molecular weight is 299 g/mol. The minimum Gasteiger partial charge on any atom is -0.494 e. The molecule has 1 aromatic heterocycles. The first-order chi connectivity index (χ1) is 10.6. The summed E-state index contributed by atoms with van der Waals surface area (Å²) < 4.78 is 15.5. The van der Waals surface area contributed by atoms with Gasteiger partial charge >= 0.3 is 0 Å². The molecule has 114 valence electrons. The van der Waals surface area contributed by atoms with E-state index < -0.39 is 5.82 Å². The first kappa shape index (κ1) is 12.6. The summed E-state index contributed by atoms with van der Waals surface area (Å²) in [4.78, 5) is 0. The molecule has 2 fully saturated rings. The Bertz CT molecular complexity index is 770. The Morgan fingerprint density at radius 2 is 1.64 bits per heavy atom. The quantitative estimate of drug-likeness (QED) is 0.837. The highest BCUT2D eigenvalue weighted by Crippen LogP contribution is 2.70. The van der Waals surface area contributed by atoms with Crippen LogP contribution in [0.15, 0.2) is 18.2 Å². The number of fused-ring (bicyclic) bond motifs is 1. The summed E-state index contributed by atoms with van der Waals surface area (Å²) in [7, 11) is 0. The van der Waals surface area contributed by atoms with E-state index in [1.165, 1.54) is 17.1 Å². The monoisotopic (exact) mass is 299 g/mol. The first-order valence-corrected chi connectivity index (χ1v) is 8.01. The molecule has 6 rings (SSSR count). The maximum absolute atomic E-state index is 14.2. The molecule has 2 saturated carbocycles. The number of nitrogens with zero attached hydrogens (tertiary/aromatic N) is 1. The fraction of sp³-hybridized carbons (Fsp3) is 0.444. The van der Waals surface area contributed by atoms with Crippen molar-refractivity contribution >= 4 is 0 Å². The van der Waals surface area contributed by atoms with Crippen LogP contribution in [0.3, 0.4) is 0 Å². The number of aryl methyl sites for hydroxylation is 1. The highest BCUT2D eigenvalue weighted by Gasteiger charge is 2.58. The van der Waals surface area contributed by atoms with Gasteiger partial charge in [0.25, 0.3) is 0 Å². The minimum absolute atomic E-state index is 0.0389. The van der Waals surface area contributed by atoms with Gasteiger partial charge in [-0.05, 0) is 67.6 Å². The van der Waals surface area contributed by atoms with Crippen molar-refractivity contribution in [1.29, 1.82) is 0 Å². The number of rotatable bonds is 1. The molecular formula is C18H18FNO2. The third-order valence-corrected chi connectivity index (χ3v) is 5.99. The summed E-state index contributed by atoms with van der Waals surface area (Å²) in [5.41, 5.74) is 2.90. The van der Waals surface area contributed by atoms with Crippen molar-refractivity contribution in [3.8, 4) is 17.4 Å². The van der Waals surface area contributed by atoms with Crippen molar-refractivity contribution in [3.63, 3.8) is 0 Å². The van der Waals surface area contributed by atoms with Gasteiger partial charge in [0.15, 0.2) is 0 Å². The molecule has 1 aromatic carbocycles. The van der Waals surface area contributed by atoms with E-state index in [0.717, 1.165) is 29.5 Å². The van der Waals surface area contributed by atoms with Gasteiger partial charge in [-0.25, -0.2) is 8.96 Å². The summed E-state index contributed by atoms with van der Waals surface area (Å²) in [6.07, 6.45) is 3.36. The fourth-order valence-corrected chi connectivity index (χ4v) is 5.00. The Morgan fingerprint density at radius 1 is 1.05 bits per heavy atom. The lowest BCUT2D eigenvalue weighted by Crippen LogP contribution is -2.22. The number of halogens is 1. The molecule has 1 heterocycles. The minimum atomic E-state index is -0.430. The number of hydrogen-bond acceptors (Lipinski definition) is 2. The van der Waals surface area contributed by atoms with Gasteiger partial charge in [-0.1, -0.05) is 6.07 Å². The van der Waals surface area contributed by atoms with Gasteiger partial charge in [-0.2, -0.15) is 0 Å². The van der Waals surface area contributed by atoms with Crippen molar-refractivity contribution in [2.75, 3.05) is 0 Å². The summed E-state index contributed by atoms with van der Waals surface area (Å²) in [5, 5.41) is 21.4. The molecule has 0 unspecified atom stereocenters. The normalized spacial score (nSPS) is 31.0. The first-order valence-electron chi connectivity index (χ1n) is 8.01. The van der Waals surface area contributed by atoms with E-state index in [2.05, 4.69) is 0 Å². The molecule has 2 aromatic rings. The third-order valence-electron chi connectivity index (χ3n) is 5.99. The molecule has 0 amide bonds. The van der Waals surface area contributed by atoms with E-state index in [1.54, 1.807) is 12.1 Å². The van der Waals surface area contributed by atoms with E-state index in [4.69, 9.17) is 0 Å². The molecule has 2 bridgehead atoms. The van der Waals surface area contributed by atoms with Gasteiger partial charge in [0.1, 0.15) is 5.82 Å². The second-order valence-corrected chi connectivity index (χ2v) is 7.12. The van der Waals surface area contributed by atoms with Crippen LogP contribution in [0.5, 0.6) is 11.8 Å². The average Bonchev–Trinajstić information content (AvgIpc) is 3.28. The van der Waals surface area contributed by atoms with Crippen LogP contribution in [0.25, 0.3) is 5.69 Å². The van der Waals surface area contributed by atoms with Crippen LogP contribution >= 0.6 is 0 Å². The molecule has 4 heteroatoms. The Hall–Kier alpha value is -1.97. The molecule has 4 atom stereocenters. The maximum Gasteiger partial charge on any atom is 0.202 e. The van der Waals surface area contributed by atoms with E-state index in [-0.39, 0.29) is 17.4 Å². The van der Waals surface area contributed by atoms with Crippen LogP contribution in [0.1, 0.15) is 47.8 Å². The summed E-state index contributed by atoms with van der Waals surface area (Å²) in [6.45, 7) is 1.87. The van der Waals surface area contributed by atoms with Crippen LogP contribution in [-0.4, -0.2) is 14.8 Å². The Balaban J connectivity index is 1.78. The predicted octanol–water partition coefficient (Wildman–Crippen LogP) is 3.95. The molecule has 2 N–H and O–H groups in total. The van der Waals surface area contributed by atoms with Crippen molar-refractivity contribution in [3.05, 3.63) is 40.7 Å². The molecule has 0 spiro atoms. The zero-order valence-electron chi connectivity index (χ0n) is 12.4. The molecule has 4 aliphatic rings. The lowest BCUT2D eigenvalue weighted by Gasteiger charge is -2.35. The molecule has 3 nitrogen and oxygen atoms in total. The lowest BCUT2D eigenvalue weighted by molar-refractivity contribution is 0.322. The number of benzene rings is 1. The van der Waals surface area contributed by atoms with Gasteiger partial charge in [0.05, 0.1) is 5.69 Å². The van der Waals surface area contributed by atoms with Crippen molar-refractivity contribution in [2.24, 2.45) is 11.8 Å². The van der Waals surface area contributed by atoms with E-state index >= 15 is 0 Å². The molecule has 4 aliphatic carbocycles. The van der Waals surface area contributed by atoms with Gasteiger partial charge in [0, 0.05) is 11.1 Å². The van der Waals surface area contributed by atoms with Crippen LogP contribution in [0.4, 0.5) is 4.39 Å². The number of hydrogen-bond donors (Lipinski definition) is 2. The largest absolute Gasteiger partial charge is 0.494 e. The summed E-state index contributed by atoms with van der Waals surface area (Å²) >= 11 is 0. The third kappa shape index (κ3) is 1.36. The van der Waals surface area contributed by atoms with Crippen LogP contribution < -0.4 is 0 Å². The summed E-state index contributed by atoms with van der Waals surface area (Å²) in [5.74, 6) is 1.65. The van der Waals surface area contributed by atoms with Gasteiger partial charge < -0.3 is 10.2 Å². The van der Waals surface area contributed by atoms with Crippen LogP contribution in [0.2, 0.25) is 0 Å². The van der Waals surface area contributed by atoms with Crippen molar-refractivity contribution < 1.29 is 14.6 Å². The molecular weight excluding hydrogens is 281 g/mol. The summed E-state index contributed by atoms with van der Waals surface area (Å²) in [6, 6.07) is 4.74. The number of aromatic nitrogens is 1. The Morgan fingerprint density at radius 3 is 2.23 bits per heavy atom.